The van der Waals surface area contributed by atoms with E-state index in [2.05, 4.69) is 0 Å². The Labute approximate surface area is 106 Å². The Kier molecular flexibility index (Phi) is 3.59. The van der Waals surface area contributed by atoms with Gasteiger partial charge in [-0.2, -0.15) is 0 Å². The van der Waals surface area contributed by atoms with E-state index in [0.717, 1.165) is 24.3 Å². The Morgan fingerprint density at radius 3 is 2.11 bits per heavy atom. The normalized spacial score (nSPS) is 12.5. The number of rotatable bonds is 2. The summed E-state index contributed by atoms with van der Waals surface area (Å²) in [4.78, 5) is 0. The summed E-state index contributed by atoms with van der Waals surface area (Å²) in [6.45, 7) is 0. The highest BCUT2D eigenvalue weighted by Crippen LogP contribution is 2.28. The summed E-state index contributed by atoms with van der Waals surface area (Å²) >= 11 is 5.67. The first-order valence-corrected chi connectivity index (χ1v) is 5.45. The molecule has 0 saturated carbocycles. The third-order valence-corrected chi connectivity index (χ3v) is 2.74. The van der Waals surface area contributed by atoms with Crippen LogP contribution in [0.1, 0.15) is 17.2 Å². The van der Waals surface area contributed by atoms with Gasteiger partial charge in [0.2, 0.25) is 0 Å². The fourth-order valence-electron chi connectivity index (χ4n) is 1.62. The van der Waals surface area contributed by atoms with Crippen molar-refractivity contribution in [2.75, 3.05) is 0 Å². The van der Waals surface area contributed by atoms with Crippen molar-refractivity contribution < 1.29 is 18.3 Å². The molecule has 1 atom stereocenters. The van der Waals surface area contributed by atoms with E-state index in [1.54, 1.807) is 0 Å². The Morgan fingerprint density at radius 1 is 0.889 bits per heavy atom. The predicted molar refractivity (Wildman–Crippen MR) is 61.8 cm³/mol. The van der Waals surface area contributed by atoms with Gasteiger partial charge in [-0.3, -0.25) is 0 Å². The average molecular weight is 273 g/mol. The maximum atomic E-state index is 13.5. The number of halogens is 4. The van der Waals surface area contributed by atoms with Crippen molar-refractivity contribution in [1.82, 2.24) is 0 Å². The second-order valence-corrected chi connectivity index (χ2v) is 4.17. The van der Waals surface area contributed by atoms with E-state index in [1.807, 2.05) is 0 Å². The zero-order valence-corrected chi connectivity index (χ0v) is 9.76. The van der Waals surface area contributed by atoms with Gasteiger partial charge in [0.05, 0.1) is 0 Å². The Balaban J connectivity index is 2.50. The predicted octanol–water partition coefficient (Wildman–Crippen LogP) is 3.84. The molecule has 18 heavy (non-hydrogen) atoms. The molecule has 94 valence electrons. The molecule has 0 amide bonds. The summed E-state index contributed by atoms with van der Waals surface area (Å²) in [6.07, 6.45) is -1.61. The van der Waals surface area contributed by atoms with Crippen molar-refractivity contribution >= 4 is 11.6 Å². The highest BCUT2D eigenvalue weighted by molar-refractivity contribution is 6.30. The summed E-state index contributed by atoms with van der Waals surface area (Å²) in [5.41, 5.74) is -0.539. The van der Waals surface area contributed by atoms with Gasteiger partial charge >= 0.3 is 0 Å². The third kappa shape index (κ3) is 2.49. The minimum absolute atomic E-state index is 0.197. The Morgan fingerprint density at radius 2 is 1.44 bits per heavy atom. The third-order valence-electron chi connectivity index (χ3n) is 2.51. The fourth-order valence-corrected chi connectivity index (χ4v) is 1.80. The molecule has 0 aromatic heterocycles. The van der Waals surface area contributed by atoms with E-state index < -0.39 is 23.6 Å². The second kappa shape index (κ2) is 5.00. The standard InChI is InChI=1S/C13H8ClF3O/c14-7-1-3-11(16)9(5-7)13(18)10-6-8(15)2-4-12(10)17/h1-6,13,18H. The number of benzene rings is 2. The van der Waals surface area contributed by atoms with Gasteiger partial charge in [-0.25, -0.2) is 13.2 Å². The van der Waals surface area contributed by atoms with Gasteiger partial charge in [-0.05, 0) is 36.4 Å². The molecule has 0 aliphatic heterocycles. The van der Waals surface area contributed by atoms with Crippen LogP contribution in [0.5, 0.6) is 0 Å². The minimum atomic E-state index is -1.61. The molecule has 0 bridgehead atoms. The topological polar surface area (TPSA) is 20.2 Å². The van der Waals surface area contributed by atoms with Crippen LogP contribution in [-0.2, 0) is 0 Å². The Hall–Kier alpha value is -1.52. The van der Waals surface area contributed by atoms with Gasteiger partial charge in [0, 0.05) is 16.1 Å². The van der Waals surface area contributed by atoms with Crippen molar-refractivity contribution in [3.05, 3.63) is 70.0 Å². The summed E-state index contributed by atoms with van der Waals surface area (Å²) in [6, 6.07) is 6.13. The molecule has 1 nitrogen and oxygen atoms in total. The van der Waals surface area contributed by atoms with E-state index >= 15 is 0 Å². The lowest BCUT2D eigenvalue weighted by Gasteiger charge is -2.13. The number of aliphatic hydroxyl groups excluding tert-OH is 1. The quantitative estimate of drug-likeness (QED) is 0.881. The average Bonchev–Trinajstić information content (AvgIpc) is 2.34. The summed E-state index contributed by atoms with van der Waals surface area (Å²) in [7, 11) is 0. The molecule has 0 fully saturated rings. The molecule has 1 unspecified atom stereocenters. The molecular formula is C13H8ClF3O. The van der Waals surface area contributed by atoms with Gasteiger partial charge in [-0.1, -0.05) is 11.6 Å². The van der Waals surface area contributed by atoms with Crippen molar-refractivity contribution in [1.29, 1.82) is 0 Å². The second-order valence-electron chi connectivity index (χ2n) is 3.73. The number of aliphatic hydroxyl groups is 1. The molecule has 5 heteroatoms. The minimum Gasteiger partial charge on any atom is -0.383 e. The van der Waals surface area contributed by atoms with Crippen molar-refractivity contribution in [2.24, 2.45) is 0 Å². The fraction of sp³-hybridized carbons (Fsp3) is 0.0769. The maximum Gasteiger partial charge on any atom is 0.129 e. The van der Waals surface area contributed by atoms with E-state index in [-0.39, 0.29) is 16.1 Å². The maximum absolute atomic E-state index is 13.5. The molecule has 0 spiro atoms. The van der Waals surface area contributed by atoms with Crippen LogP contribution in [-0.4, -0.2) is 5.11 Å². The van der Waals surface area contributed by atoms with Gasteiger partial charge in [0.25, 0.3) is 0 Å². The van der Waals surface area contributed by atoms with Crippen LogP contribution in [0.25, 0.3) is 0 Å². The van der Waals surface area contributed by atoms with Crippen LogP contribution in [0.15, 0.2) is 36.4 Å². The molecule has 0 heterocycles. The van der Waals surface area contributed by atoms with Crippen molar-refractivity contribution in [2.45, 2.75) is 6.10 Å². The van der Waals surface area contributed by atoms with Gasteiger partial charge < -0.3 is 5.11 Å². The summed E-state index contributed by atoms with van der Waals surface area (Å²) in [5.74, 6) is -2.27. The smallest absolute Gasteiger partial charge is 0.129 e. The van der Waals surface area contributed by atoms with Crippen molar-refractivity contribution in [3.63, 3.8) is 0 Å². The van der Waals surface area contributed by atoms with Gasteiger partial charge in [0.15, 0.2) is 0 Å². The van der Waals surface area contributed by atoms with Crippen LogP contribution in [0.4, 0.5) is 13.2 Å². The number of hydrogen-bond donors (Lipinski definition) is 1. The van der Waals surface area contributed by atoms with Crippen LogP contribution in [0.2, 0.25) is 5.02 Å². The highest BCUT2D eigenvalue weighted by Gasteiger charge is 2.19. The van der Waals surface area contributed by atoms with Crippen LogP contribution in [0.3, 0.4) is 0 Å². The zero-order chi connectivity index (χ0) is 13.3. The van der Waals surface area contributed by atoms with Crippen LogP contribution < -0.4 is 0 Å². The highest BCUT2D eigenvalue weighted by atomic mass is 35.5. The van der Waals surface area contributed by atoms with E-state index in [4.69, 9.17) is 11.6 Å². The monoisotopic (exact) mass is 272 g/mol. The SMILES string of the molecule is OC(c1cc(F)ccc1F)c1cc(Cl)ccc1F. The van der Waals surface area contributed by atoms with Crippen LogP contribution >= 0.6 is 11.6 Å². The first-order valence-electron chi connectivity index (χ1n) is 5.07. The molecule has 0 aliphatic rings. The van der Waals surface area contributed by atoms with E-state index in [9.17, 15) is 18.3 Å². The zero-order valence-electron chi connectivity index (χ0n) is 9.00. The first-order chi connectivity index (χ1) is 8.49. The molecule has 0 aliphatic carbocycles. The first kappa shape index (κ1) is 12.9. The molecule has 0 radical (unpaired) electrons. The lowest BCUT2D eigenvalue weighted by Crippen LogP contribution is -2.05. The molecule has 2 aromatic carbocycles. The van der Waals surface area contributed by atoms with Gasteiger partial charge in [-0.15, -0.1) is 0 Å². The number of hydrogen-bond acceptors (Lipinski definition) is 1. The van der Waals surface area contributed by atoms with Crippen molar-refractivity contribution in [3.8, 4) is 0 Å². The van der Waals surface area contributed by atoms with E-state index in [1.165, 1.54) is 12.1 Å². The largest absolute Gasteiger partial charge is 0.383 e. The lowest BCUT2D eigenvalue weighted by atomic mass is 10.0. The molecule has 0 saturated heterocycles. The Bertz CT molecular complexity index is 535. The molecular weight excluding hydrogens is 265 g/mol. The van der Waals surface area contributed by atoms with Gasteiger partial charge in [0.1, 0.15) is 23.6 Å². The molecule has 2 rings (SSSR count). The molecule has 1 N–H and O–H groups in total. The lowest BCUT2D eigenvalue weighted by molar-refractivity contribution is 0.209. The van der Waals surface area contributed by atoms with E-state index in [0.29, 0.717) is 0 Å². The summed E-state index contributed by atoms with van der Waals surface area (Å²) in [5, 5.41) is 10.1. The summed E-state index contributed by atoms with van der Waals surface area (Å²) < 4.78 is 40.0. The molecule has 2 aromatic rings. The van der Waals surface area contributed by atoms with Crippen LogP contribution in [0, 0.1) is 17.5 Å².